The highest BCUT2D eigenvalue weighted by molar-refractivity contribution is 7.60. The Kier molecular flexibility index (Phi) is 8.88. The van der Waals surface area contributed by atoms with Crippen LogP contribution in [-0.4, -0.2) is 48.5 Å². The zero-order valence-electron chi connectivity index (χ0n) is 20.5. The van der Waals surface area contributed by atoms with Gasteiger partial charge in [0.2, 0.25) is 0 Å². The highest BCUT2D eigenvalue weighted by Crippen LogP contribution is 2.40. The van der Waals surface area contributed by atoms with Crippen LogP contribution in [-0.2, 0) is 20.8 Å². The van der Waals surface area contributed by atoms with E-state index in [-0.39, 0.29) is 17.0 Å². The van der Waals surface area contributed by atoms with E-state index in [4.69, 9.17) is 17.9 Å². The minimum absolute atomic E-state index is 0.130. The Morgan fingerprint density at radius 1 is 1.17 bits per heavy atom. The zero-order valence-corrected chi connectivity index (χ0v) is 21.3. The first kappa shape index (κ1) is 28.1. The number of ether oxygens (including phenoxy) is 1. The van der Waals surface area contributed by atoms with E-state index in [9.17, 15) is 20.1 Å². The number of carbonyl (C=O) groups excluding carboxylic acids is 1. The minimum Gasteiger partial charge on any atom is -0.508 e. The third-order valence-electron chi connectivity index (χ3n) is 5.82. The number of aryl methyl sites for hydroxylation is 1. The Bertz CT molecular complexity index is 1170. The van der Waals surface area contributed by atoms with Crippen molar-refractivity contribution in [3.8, 4) is 11.5 Å². The van der Waals surface area contributed by atoms with E-state index >= 15 is 0 Å². The molecule has 11 heteroatoms. The highest BCUT2D eigenvalue weighted by atomic mass is 32.2. The Hall–Kier alpha value is -3.15. The van der Waals surface area contributed by atoms with Crippen LogP contribution < -0.4 is 10.2 Å². The molecule has 0 aromatic heterocycles. The third-order valence-corrected chi connectivity index (χ3v) is 5.82. The van der Waals surface area contributed by atoms with Crippen LogP contribution >= 0.6 is 0 Å². The Balaban J connectivity index is 0.00000100. The molecule has 10 nitrogen and oxygen atoms in total. The van der Waals surface area contributed by atoms with Gasteiger partial charge in [-0.05, 0) is 82.5 Å². The summed E-state index contributed by atoms with van der Waals surface area (Å²) >= 11 is 0. The second kappa shape index (κ2) is 11.1. The molecule has 1 unspecified atom stereocenters. The fraction of sp³-hybridized carbons (Fsp3) is 0.458. The largest absolute Gasteiger partial charge is 0.508 e. The second-order valence-electron chi connectivity index (χ2n) is 9.54. The molecule has 1 aliphatic heterocycles. The maximum Gasteiger partial charge on any atom is 0.415 e. The quantitative estimate of drug-likeness (QED) is 0.379. The summed E-state index contributed by atoms with van der Waals surface area (Å²) in [5.41, 5.74) is 1.76. The number of aliphatic hydroxyl groups is 1. The predicted octanol–water partition coefficient (Wildman–Crippen LogP) is 3.72. The zero-order chi connectivity index (χ0) is 26.6. The lowest BCUT2D eigenvalue weighted by molar-refractivity contribution is 0.0345. The molecule has 2 aromatic carbocycles. The van der Waals surface area contributed by atoms with Crippen molar-refractivity contribution in [3.05, 3.63) is 53.1 Å². The van der Waals surface area contributed by atoms with Crippen molar-refractivity contribution in [2.24, 2.45) is 0 Å². The predicted molar refractivity (Wildman–Crippen MR) is 131 cm³/mol. The number of phenols is 2. The van der Waals surface area contributed by atoms with Crippen molar-refractivity contribution >= 4 is 22.3 Å². The fourth-order valence-corrected chi connectivity index (χ4v) is 3.74. The number of cyclic esters (lactones) is 1. The molecule has 5 N–H and O–H groups in total. The third kappa shape index (κ3) is 7.67. The van der Waals surface area contributed by atoms with Gasteiger partial charge in [0.15, 0.2) is 0 Å². The van der Waals surface area contributed by atoms with Crippen molar-refractivity contribution in [3.63, 3.8) is 0 Å². The van der Waals surface area contributed by atoms with Crippen molar-refractivity contribution < 1.29 is 33.3 Å². The molecular weight excluding hydrogens is 474 g/mol. The van der Waals surface area contributed by atoms with Crippen molar-refractivity contribution in [2.45, 2.75) is 58.3 Å². The van der Waals surface area contributed by atoms with E-state index in [2.05, 4.69) is 5.32 Å². The van der Waals surface area contributed by atoms with Gasteiger partial charge in [0.25, 0.3) is 0 Å². The number of hydrogen-bond donors (Lipinski definition) is 5. The summed E-state index contributed by atoms with van der Waals surface area (Å²) < 4.78 is 28.4. The molecule has 1 aliphatic rings. The van der Waals surface area contributed by atoms with Gasteiger partial charge >= 0.3 is 16.6 Å². The molecule has 0 aliphatic carbocycles. The van der Waals surface area contributed by atoms with Crippen molar-refractivity contribution in [2.75, 3.05) is 18.0 Å². The van der Waals surface area contributed by atoms with E-state index in [0.29, 0.717) is 25.1 Å². The van der Waals surface area contributed by atoms with E-state index in [1.165, 1.54) is 0 Å². The molecule has 0 bridgehead atoms. The molecule has 1 atom stereocenters. The molecule has 192 valence electrons. The van der Waals surface area contributed by atoms with Crippen LogP contribution in [0.3, 0.4) is 0 Å². The molecule has 0 radical (unpaired) electrons. The van der Waals surface area contributed by atoms with Crippen LogP contribution in [0.2, 0.25) is 0 Å². The van der Waals surface area contributed by atoms with Gasteiger partial charge in [0.05, 0.1) is 11.8 Å². The van der Waals surface area contributed by atoms with E-state index in [1.54, 1.807) is 62.1 Å². The number of nitrogens with one attached hydrogen (secondary N) is 2. The van der Waals surface area contributed by atoms with Gasteiger partial charge in [-0.1, -0.05) is 6.07 Å². The van der Waals surface area contributed by atoms with Crippen LogP contribution in [0.5, 0.6) is 11.5 Å². The first-order valence-corrected chi connectivity index (χ1v) is 12.1. The van der Waals surface area contributed by atoms with E-state index in [0.717, 1.165) is 16.8 Å². The normalized spacial score (nSPS) is 15.4. The van der Waals surface area contributed by atoms with Gasteiger partial charge in [0, 0.05) is 24.2 Å². The van der Waals surface area contributed by atoms with Crippen LogP contribution in [0, 0.1) is 11.7 Å². The monoisotopic (exact) mass is 507 g/mol. The summed E-state index contributed by atoms with van der Waals surface area (Å²) in [6.07, 6.45) is -0.522. The average Bonchev–Trinajstić information content (AvgIpc) is 2.73. The van der Waals surface area contributed by atoms with Crippen LogP contribution in [0.25, 0.3) is 0 Å². The standard InChI is InChI=1S/C24H32N2O5.HNO2S/c1-15-12-16(6-9-20(15)28)21(29)14-25-23(2,3)10-11-26-19-8-7-17(27)13-18(19)24(4,5)31-22(26)30;1-4(2)3/h6-9,12-13,21,25,27-29H,10-11,14H2,1-5H3;1H. The molecule has 2 aromatic rings. The summed E-state index contributed by atoms with van der Waals surface area (Å²) in [4.78, 5) is 14.2. The smallest absolute Gasteiger partial charge is 0.415 e. The maximum atomic E-state index is 12.6. The number of phenolic OH excluding ortho intramolecular Hbond substituents is 2. The summed E-state index contributed by atoms with van der Waals surface area (Å²) in [6, 6.07) is 10.0. The van der Waals surface area contributed by atoms with E-state index in [1.807, 2.05) is 13.8 Å². The van der Waals surface area contributed by atoms with Gasteiger partial charge in [-0.25, -0.2) is 4.79 Å². The van der Waals surface area contributed by atoms with Crippen LogP contribution in [0.4, 0.5) is 10.5 Å². The molecule has 0 saturated carbocycles. The highest BCUT2D eigenvalue weighted by Gasteiger charge is 2.39. The Morgan fingerprint density at radius 3 is 2.40 bits per heavy atom. The number of fused-ring (bicyclic) bond motifs is 1. The lowest BCUT2D eigenvalue weighted by Gasteiger charge is -2.39. The number of rotatable bonds is 7. The summed E-state index contributed by atoms with van der Waals surface area (Å²) in [6.45, 7) is 10.2. The Labute approximate surface area is 206 Å². The number of anilines is 1. The van der Waals surface area contributed by atoms with Gasteiger partial charge in [-0.15, -0.1) is 0 Å². The molecule has 0 spiro atoms. The number of amides is 1. The fourth-order valence-electron chi connectivity index (χ4n) is 3.74. The SMILES string of the molecule is Cc1cc(C(O)CNC(C)(C)CCN2C(=O)OC(C)(C)c3cc(O)ccc32)ccc1O.N=S(=O)=O. The lowest BCUT2D eigenvalue weighted by Crippen LogP contribution is -2.48. The van der Waals surface area contributed by atoms with E-state index < -0.39 is 28.3 Å². The molecule has 35 heavy (non-hydrogen) atoms. The maximum absolute atomic E-state index is 12.6. The van der Waals surface area contributed by atoms with Crippen LogP contribution in [0.15, 0.2) is 36.4 Å². The van der Waals surface area contributed by atoms with Gasteiger partial charge in [-0.3, -0.25) is 4.90 Å². The Morgan fingerprint density at radius 2 is 1.80 bits per heavy atom. The van der Waals surface area contributed by atoms with Crippen LogP contribution in [0.1, 0.15) is 56.9 Å². The van der Waals surface area contributed by atoms with Gasteiger partial charge in [0.1, 0.15) is 17.1 Å². The molecule has 0 saturated heterocycles. The van der Waals surface area contributed by atoms with Crippen molar-refractivity contribution in [1.82, 2.24) is 5.32 Å². The lowest BCUT2D eigenvalue weighted by atomic mass is 9.93. The number of β-amino-alcohol motifs (C(OH)–C–C–N with tert-alkyl or cyclic N) is 1. The van der Waals surface area contributed by atoms with Gasteiger partial charge in [-0.2, -0.15) is 13.2 Å². The van der Waals surface area contributed by atoms with Gasteiger partial charge < -0.3 is 25.4 Å². The number of hydrogen-bond acceptors (Lipinski definition) is 9. The molecule has 1 amide bonds. The molecular formula is C24H33N3O7S. The molecule has 0 fully saturated rings. The number of carbonyl (C=O) groups is 1. The van der Waals surface area contributed by atoms with Crippen molar-refractivity contribution in [1.29, 1.82) is 4.78 Å². The second-order valence-corrected chi connectivity index (χ2v) is 10.0. The molecule has 3 rings (SSSR count). The first-order valence-electron chi connectivity index (χ1n) is 11.0. The number of aromatic hydroxyl groups is 2. The summed E-state index contributed by atoms with van der Waals surface area (Å²) in [7, 11) is -2.61. The first-order chi connectivity index (χ1) is 16.1. The number of benzene rings is 2. The topological polar surface area (TPSA) is 160 Å². The number of aliphatic hydroxyl groups excluding tert-OH is 1. The average molecular weight is 508 g/mol. The summed E-state index contributed by atoms with van der Waals surface area (Å²) in [5, 5.41) is 33.4. The molecule has 1 heterocycles. The number of nitrogens with zero attached hydrogens (tertiary/aromatic N) is 1. The minimum atomic E-state index is -2.61. The summed E-state index contributed by atoms with van der Waals surface area (Å²) in [5.74, 6) is 0.333.